The second-order valence-corrected chi connectivity index (χ2v) is 9.93. The predicted octanol–water partition coefficient (Wildman–Crippen LogP) is 5.17. The molecule has 7 heteroatoms. The third-order valence-electron chi connectivity index (χ3n) is 4.92. The van der Waals surface area contributed by atoms with Crippen molar-refractivity contribution in [3.63, 3.8) is 0 Å². The van der Waals surface area contributed by atoms with Gasteiger partial charge in [0.05, 0.1) is 4.90 Å². The van der Waals surface area contributed by atoms with Crippen molar-refractivity contribution in [3.8, 4) is 11.5 Å². The van der Waals surface area contributed by atoms with Crippen LogP contribution >= 0.6 is 15.9 Å². The highest BCUT2D eigenvalue weighted by Gasteiger charge is 2.32. The van der Waals surface area contributed by atoms with Crippen LogP contribution in [-0.4, -0.2) is 26.5 Å². The number of nitrogens with zero attached hydrogens (tertiary/aromatic N) is 2. The molecule has 1 saturated heterocycles. The monoisotopic (exact) mass is 460 g/mol. The highest BCUT2D eigenvalue weighted by atomic mass is 79.9. The number of hydrogen-bond acceptors (Lipinski definition) is 5. The number of oxazole rings is 1. The molecule has 1 aromatic heterocycles. The molecule has 4 rings (SSSR count). The van der Waals surface area contributed by atoms with Gasteiger partial charge in [-0.15, -0.1) is 0 Å². The van der Waals surface area contributed by atoms with Crippen LogP contribution in [0.1, 0.15) is 19.8 Å². The summed E-state index contributed by atoms with van der Waals surface area (Å²) in [5.41, 5.74) is 0.756. The van der Waals surface area contributed by atoms with E-state index in [0.717, 1.165) is 36.0 Å². The number of halogens is 1. The molecule has 3 aromatic rings. The molecule has 146 valence electrons. The van der Waals surface area contributed by atoms with Crippen LogP contribution in [-0.2, 0) is 9.84 Å². The number of hydrogen-bond donors (Lipinski definition) is 0. The normalized spacial score (nSPS) is 17.6. The minimum atomic E-state index is -3.81. The van der Waals surface area contributed by atoms with Gasteiger partial charge >= 0.3 is 0 Å². The lowest BCUT2D eigenvalue weighted by atomic mass is 10.0. The Morgan fingerprint density at radius 2 is 1.82 bits per heavy atom. The molecule has 2 heterocycles. The Morgan fingerprint density at radius 3 is 2.50 bits per heavy atom. The third-order valence-corrected chi connectivity index (χ3v) is 7.12. The van der Waals surface area contributed by atoms with E-state index in [9.17, 15) is 8.42 Å². The highest BCUT2D eigenvalue weighted by Crippen LogP contribution is 2.36. The minimum absolute atomic E-state index is 0.0113. The quantitative estimate of drug-likeness (QED) is 0.536. The SMILES string of the molecule is CC1CCCN(c2oc(-c3ccccc3)nc2S(=O)(=O)c2ccc(Br)cc2)C1. The van der Waals surface area contributed by atoms with Crippen LogP contribution in [0.2, 0.25) is 0 Å². The summed E-state index contributed by atoms with van der Waals surface area (Å²) in [5, 5.41) is -0.0113. The minimum Gasteiger partial charge on any atom is -0.419 e. The summed E-state index contributed by atoms with van der Waals surface area (Å²) in [6.45, 7) is 3.69. The maximum Gasteiger partial charge on any atom is 0.236 e. The Kier molecular flexibility index (Phi) is 5.29. The predicted molar refractivity (Wildman–Crippen MR) is 112 cm³/mol. The van der Waals surface area contributed by atoms with E-state index < -0.39 is 9.84 Å². The zero-order valence-corrected chi connectivity index (χ0v) is 17.9. The van der Waals surface area contributed by atoms with Crippen LogP contribution in [0, 0.1) is 5.92 Å². The van der Waals surface area contributed by atoms with E-state index in [0.29, 0.717) is 17.7 Å². The maximum atomic E-state index is 13.4. The molecular weight excluding hydrogens is 440 g/mol. The fourth-order valence-corrected chi connectivity index (χ4v) is 5.06. The zero-order valence-electron chi connectivity index (χ0n) is 15.5. The van der Waals surface area contributed by atoms with Crippen molar-refractivity contribution in [1.29, 1.82) is 0 Å². The third kappa shape index (κ3) is 3.73. The number of piperidine rings is 1. The fraction of sp³-hybridized carbons (Fsp3) is 0.286. The van der Waals surface area contributed by atoms with E-state index in [1.165, 1.54) is 0 Å². The maximum absolute atomic E-state index is 13.4. The molecule has 0 spiro atoms. The Morgan fingerprint density at radius 1 is 1.11 bits per heavy atom. The number of benzene rings is 2. The summed E-state index contributed by atoms with van der Waals surface area (Å²) in [6.07, 6.45) is 2.13. The van der Waals surface area contributed by atoms with E-state index in [4.69, 9.17) is 4.42 Å². The lowest BCUT2D eigenvalue weighted by Gasteiger charge is -2.30. The van der Waals surface area contributed by atoms with Gasteiger partial charge in [-0.2, -0.15) is 4.98 Å². The molecule has 0 saturated carbocycles. The first-order chi connectivity index (χ1) is 13.4. The number of aromatic nitrogens is 1. The van der Waals surface area contributed by atoms with Crippen molar-refractivity contribution in [2.75, 3.05) is 18.0 Å². The van der Waals surface area contributed by atoms with Crippen molar-refractivity contribution in [1.82, 2.24) is 4.98 Å². The van der Waals surface area contributed by atoms with Crippen molar-refractivity contribution in [3.05, 3.63) is 59.1 Å². The summed E-state index contributed by atoms with van der Waals surface area (Å²) in [7, 11) is -3.81. The average Bonchev–Trinajstić information content (AvgIpc) is 3.15. The molecule has 1 aliphatic rings. The molecule has 2 aromatic carbocycles. The van der Waals surface area contributed by atoms with Crippen molar-refractivity contribution in [2.24, 2.45) is 5.92 Å². The molecular formula is C21H21BrN2O3S. The molecule has 0 aliphatic carbocycles. The topological polar surface area (TPSA) is 63.4 Å². The Balaban J connectivity index is 1.84. The van der Waals surface area contributed by atoms with Gasteiger partial charge in [0.25, 0.3) is 0 Å². The van der Waals surface area contributed by atoms with E-state index in [-0.39, 0.29) is 9.92 Å². The van der Waals surface area contributed by atoms with E-state index >= 15 is 0 Å². The number of sulfone groups is 1. The Hall–Kier alpha value is -2.12. The van der Waals surface area contributed by atoms with Crippen molar-refractivity contribution < 1.29 is 12.8 Å². The van der Waals surface area contributed by atoms with Gasteiger partial charge in [0, 0.05) is 23.1 Å². The van der Waals surface area contributed by atoms with Gasteiger partial charge in [-0.05, 0) is 55.2 Å². The Bertz CT molecular complexity index is 1060. The van der Waals surface area contributed by atoms with Crippen molar-refractivity contribution in [2.45, 2.75) is 29.7 Å². The summed E-state index contributed by atoms with van der Waals surface area (Å²) in [5.74, 6) is 1.14. The van der Waals surface area contributed by atoms with Crippen LogP contribution < -0.4 is 4.90 Å². The molecule has 1 aliphatic heterocycles. The lowest BCUT2D eigenvalue weighted by Crippen LogP contribution is -2.34. The summed E-state index contributed by atoms with van der Waals surface area (Å²) in [6, 6.07) is 16.0. The van der Waals surface area contributed by atoms with E-state index in [1.807, 2.05) is 35.2 Å². The molecule has 0 radical (unpaired) electrons. The van der Waals surface area contributed by atoms with Gasteiger partial charge in [-0.3, -0.25) is 0 Å². The molecule has 0 bridgehead atoms. The largest absolute Gasteiger partial charge is 0.419 e. The number of anilines is 1. The summed E-state index contributed by atoms with van der Waals surface area (Å²) in [4.78, 5) is 6.66. The van der Waals surface area contributed by atoms with Crippen LogP contribution in [0.5, 0.6) is 0 Å². The first-order valence-electron chi connectivity index (χ1n) is 9.27. The second kappa shape index (κ2) is 7.72. The van der Waals surface area contributed by atoms with Gasteiger partial charge in [0.2, 0.25) is 26.6 Å². The molecule has 1 fully saturated rings. The highest BCUT2D eigenvalue weighted by molar-refractivity contribution is 9.10. The molecule has 28 heavy (non-hydrogen) atoms. The average molecular weight is 461 g/mol. The van der Waals surface area contributed by atoms with Gasteiger partial charge in [-0.1, -0.05) is 41.1 Å². The van der Waals surface area contributed by atoms with Crippen LogP contribution in [0.15, 0.2) is 73.4 Å². The second-order valence-electron chi connectivity index (χ2n) is 7.15. The zero-order chi connectivity index (χ0) is 19.7. The van der Waals surface area contributed by atoms with Crippen LogP contribution in [0.4, 0.5) is 5.88 Å². The van der Waals surface area contributed by atoms with Gasteiger partial charge < -0.3 is 9.32 Å². The first kappa shape index (κ1) is 19.2. The molecule has 0 amide bonds. The van der Waals surface area contributed by atoms with Crippen molar-refractivity contribution >= 4 is 31.7 Å². The smallest absolute Gasteiger partial charge is 0.236 e. The summed E-state index contributed by atoms with van der Waals surface area (Å²) >= 11 is 3.35. The fourth-order valence-electron chi connectivity index (χ4n) is 3.48. The standard InChI is InChI=1S/C21H21BrN2O3S/c1-15-6-5-13-24(14-15)21-20(23-19(27-21)16-7-3-2-4-8-16)28(25,26)18-11-9-17(22)10-12-18/h2-4,7-12,15H,5-6,13-14H2,1H3. The van der Waals surface area contributed by atoms with Crippen LogP contribution in [0.25, 0.3) is 11.5 Å². The van der Waals surface area contributed by atoms with Gasteiger partial charge in [0.15, 0.2) is 0 Å². The molecule has 1 atom stereocenters. The summed E-state index contributed by atoms with van der Waals surface area (Å²) < 4.78 is 33.6. The van der Waals surface area contributed by atoms with Gasteiger partial charge in [0.1, 0.15) is 0 Å². The van der Waals surface area contributed by atoms with E-state index in [1.54, 1.807) is 24.3 Å². The van der Waals surface area contributed by atoms with E-state index in [2.05, 4.69) is 27.8 Å². The van der Waals surface area contributed by atoms with Crippen LogP contribution in [0.3, 0.4) is 0 Å². The first-order valence-corrected chi connectivity index (χ1v) is 11.5. The molecule has 5 nitrogen and oxygen atoms in total. The Labute approximate surface area is 173 Å². The lowest BCUT2D eigenvalue weighted by molar-refractivity contribution is 0.419. The van der Waals surface area contributed by atoms with Gasteiger partial charge in [-0.25, -0.2) is 8.42 Å². The molecule has 0 N–H and O–H groups in total. The number of rotatable bonds is 4. The molecule has 1 unspecified atom stereocenters.